The Kier molecular flexibility index (Phi) is 3.87. The molecule has 1 N–H and O–H groups in total. The van der Waals surface area contributed by atoms with Crippen molar-refractivity contribution in [2.45, 2.75) is 38.8 Å². The number of halogens is 1. The van der Waals surface area contributed by atoms with Crippen molar-refractivity contribution in [1.82, 2.24) is 0 Å². The van der Waals surface area contributed by atoms with E-state index < -0.39 is 0 Å². The maximum Gasteiger partial charge on any atom is 0.0614 e. The van der Waals surface area contributed by atoms with Crippen molar-refractivity contribution in [1.29, 1.82) is 0 Å². The summed E-state index contributed by atoms with van der Waals surface area (Å²) in [6.07, 6.45) is 2.72. The second kappa shape index (κ2) is 5.19. The third kappa shape index (κ3) is 2.77. The van der Waals surface area contributed by atoms with E-state index in [9.17, 15) is 0 Å². The van der Waals surface area contributed by atoms with Gasteiger partial charge in [0.05, 0.1) is 6.10 Å². The van der Waals surface area contributed by atoms with Gasteiger partial charge in [-0.05, 0) is 44.4 Å². The lowest BCUT2D eigenvalue weighted by Gasteiger charge is -2.36. The van der Waals surface area contributed by atoms with Crippen molar-refractivity contribution in [2.75, 3.05) is 11.9 Å². The van der Waals surface area contributed by atoms with Crippen molar-refractivity contribution in [3.8, 4) is 0 Å². The van der Waals surface area contributed by atoms with Crippen LogP contribution in [0.25, 0.3) is 0 Å². The monoisotopic (exact) mass is 283 g/mol. The van der Waals surface area contributed by atoms with E-state index in [0.29, 0.717) is 12.1 Å². The van der Waals surface area contributed by atoms with Crippen molar-refractivity contribution < 1.29 is 4.74 Å². The Morgan fingerprint density at radius 1 is 1.44 bits per heavy atom. The Labute approximate surface area is 106 Å². The Morgan fingerprint density at radius 3 is 2.81 bits per heavy atom. The zero-order chi connectivity index (χ0) is 11.5. The third-order valence-corrected chi connectivity index (χ3v) is 3.89. The minimum absolute atomic E-state index is 0.469. The molecule has 1 aromatic rings. The maximum absolute atomic E-state index is 5.54. The molecule has 0 atom stereocenters. The van der Waals surface area contributed by atoms with Gasteiger partial charge in [-0.3, -0.25) is 0 Å². The van der Waals surface area contributed by atoms with Crippen molar-refractivity contribution in [2.24, 2.45) is 0 Å². The molecule has 0 spiro atoms. The van der Waals surface area contributed by atoms with Crippen LogP contribution < -0.4 is 5.32 Å². The zero-order valence-corrected chi connectivity index (χ0v) is 11.4. The zero-order valence-electron chi connectivity index (χ0n) is 9.79. The third-order valence-electron chi connectivity index (χ3n) is 3.04. The summed E-state index contributed by atoms with van der Waals surface area (Å²) < 4.78 is 6.70. The molecule has 3 heteroatoms. The van der Waals surface area contributed by atoms with Crippen molar-refractivity contribution in [3.63, 3.8) is 0 Å². The molecule has 0 amide bonds. The van der Waals surface area contributed by atoms with Gasteiger partial charge in [-0.1, -0.05) is 22.0 Å². The van der Waals surface area contributed by atoms with E-state index in [1.165, 1.54) is 11.3 Å². The fourth-order valence-electron chi connectivity index (χ4n) is 1.97. The van der Waals surface area contributed by atoms with E-state index in [2.05, 4.69) is 53.3 Å². The average Bonchev–Trinajstić information content (AvgIpc) is 2.20. The predicted octanol–water partition coefficient (Wildman–Crippen LogP) is 3.74. The number of rotatable bonds is 4. The van der Waals surface area contributed by atoms with Crippen LogP contribution in [0.5, 0.6) is 0 Å². The number of aryl methyl sites for hydroxylation is 1. The molecule has 0 saturated heterocycles. The van der Waals surface area contributed by atoms with Gasteiger partial charge in [-0.2, -0.15) is 0 Å². The number of anilines is 1. The second-order valence-corrected chi connectivity index (χ2v) is 5.21. The molecule has 16 heavy (non-hydrogen) atoms. The smallest absolute Gasteiger partial charge is 0.0614 e. The van der Waals surface area contributed by atoms with Crippen molar-refractivity contribution in [3.05, 3.63) is 28.2 Å². The topological polar surface area (TPSA) is 21.3 Å². The summed E-state index contributed by atoms with van der Waals surface area (Å²) in [4.78, 5) is 0. The molecule has 0 bridgehead atoms. The second-order valence-electron chi connectivity index (χ2n) is 4.35. The molecule has 0 unspecified atom stereocenters. The van der Waals surface area contributed by atoms with Crippen molar-refractivity contribution >= 4 is 21.6 Å². The van der Waals surface area contributed by atoms with Gasteiger partial charge < -0.3 is 10.1 Å². The number of hydrogen-bond donors (Lipinski definition) is 1. The Hall–Kier alpha value is -0.540. The van der Waals surface area contributed by atoms with E-state index in [1.807, 2.05) is 0 Å². The molecular formula is C13H18BrNO. The number of hydrogen-bond acceptors (Lipinski definition) is 2. The van der Waals surface area contributed by atoms with Crippen LogP contribution in [0.2, 0.25) is 0 Å². The summed E-state index contributed by atoms with van der Waals surface area (Å²) in [5, 5.41) is 3.52. The van der Waals surface area contributed by atoms with Crippen LogP contribution in [0.4, 0.5) is 5.69 Å². The van der Waals surface area contributed by atoms with Gasteiger partial charge in [-0.15, -0.1) is 0 Å². The van der Waals surface area contributed by atoms with E-state index >= 15 is 0 Å². The predicted molar refractivity (Wildman–Crippen MR) is 70.9 cm³/mol. The minimum Gasteiger partial charge on any atom is -0.382 e. The molecule has 1 saturated carbocycles. The molecule has 1 aliphatic rings. The van der Waals surface area contributed by atoms with E-state index in [0.717, 1.165) is 23.9 Å². The molecule has 0 heterocycles. The molecule has 1 aliphatic carbocycles. The SMILES string of the molecule is CCOC1CC(Nc2ccc(C)c(Br)c2)C1. The van der Waals surface area contributed by atoms with Gasteiger partial charge in [0.2, 0.25) is 0 Å². The first-order valence-electron chi connectivity index (χ1n) is 5.83. The fraction of sp³-hybridized carbons (Fsp3) is 0.538. The van der Waals surface area contributed by atoms with Gasteiger partial charge in [0, 0.05) is 22.8 Å². The summed E-state index contributed by atoms with van der Waals surface area (Å²) in [6, 6.07) is 6.98. The summed E-state index contributed by atoms with van der Waals surface area (Å²) in [5.41, 5.74) is 2.46. The lowest BCUT2D eigenvalue weighted by molar-refractivity contribution is 0.00299. The first-order valence-corrected chi connectivity index (χ1v) is 6.62. The maximum atomic E-state index is 5.54. The van der Waals surface area contributed by atoms with Crippen LogP contribution in [-0.4, -0.2) is 18.8 Å². The van der Waals surface area contributed by atoms with Crippen LogP contribution in [0.1, 0.15) is 25.3 Å². The number of nitrogens with one attached hydrogen (secondary N) is 1. The van der Waals surface area contributed by atoms with E-state index in [4.69, 9.17) is 4.74 Å². The van der Waals surface area contributed by atoms with Crippen LogP contribution in [0.3, 0.4) is 0 Å². The van der Waals surface area contributed by atoms with Crippen LogP contribution in [0, 0.1) is 6.92 Å². The first kappa shape index (κ1) is 11.9. The highest BCUT2D eigenvalue weighted by Gasteiger charge is 2.29. The normalized spacial score (nSPS) is 23.9. The molecule has 0 radical (unpaired) electrons. The van der Waals surface area contributed by atoms with E-state index in [1.54, 1.807) is 0 Å². The largest absolute Gasteiger partial charge is 0.382 e. The quantitative estimate of drug-likeness (QED) is 0.909. The van der Waals surface area contributed by atoms with Gasteiger partial charge in [0.25, 0.3) is 0 Å². The van der Waals surface area contributed by atoms with Gasteiger partial charge >= 0.3 is 0 Å². The number of ether oxygens (including phenoxy) is 1. The van der Waals surface area contributed by atoms with Crippen LogP contribution in [0.15, 0.2) is 22.7 Å². The van der Waals surface area contributed by atoms with Gasteiger partial charge in [-0.25, -0.2) is 0 Å². The van der Waals surface area contributed by atoms with Gasteiger partial charge in [0.15, 0.2) is 0 Å². The molecule has 1 fully saturated rings. The highest BCUT2D eigenvalue weighted by molar-refractivity contribution is 9.10. The Bertz CT molecular complexity index is 361. The molecule has 88 valence electrons. The highest BCUT2D eigenvalue weighted by Crippen LogP contribution is 2.28. The lowest BCUT2D eigenvalue weighted by Crippen LogP contribution is -2.40. The Balaban J connectivity index is 1.84. The highest BCUT2D eigenvalue weighted by atomic mass is 79.9. The summed E-state index contributed by atoms with van der Waals surface area (Å²) in [7, 11) is 0. The molecule has 2 rings (SSSR count). The van der Waals surface area contributed by atoms with E-state index in [-0.39, 0.29) is 0 Å². The lowest BCUT2D eigenvalue weighted by atomic mass is 9.89. The van der Waals surface area contributed by atoms with Crippen LogP contribution >= 0.6 is 15.9 Å². The fourth-order valence-corrected chi connectivity index (χ4v) is 2.35. The average molecular weight is 284 g/mol. The van der Waals surface area contributed by atoms with Crippen LogP contribution in [-0.2, 0) is 4.74 Å². The molecule has 1 aromatic carbocycles. The number of benzene rings is 1. The Morgan fingerprint density at radius 2 is 2.19 bits per heavy atom. The van der Waals surface area contributed by atoms with Gasteiger partial charge in [0.1, 0.15) is 0 Å². The summed E-state index contributed by atoms with van der Waals surface area (Å²) in [6.45, 7) is 4.98. The minimum atomic E-state index is 0.469. The molecular weight excluding hydrogens is 266 g/mol. The molecule has 0 aliphatic heterocycles. The first-order chi connectivity index (χ1) is 7.69. The molecule has 0 aromatic heterocycles. The summed E-state index contributed by atoms with van der Waals surface area (Å²) >= 11 is 3.55. The standard InChI is InChI=1S/C13H18BrNO/c1-3-16-12-6-11(7-12)15-10-5-4-9(2)13(14)8-10/h4-5,8,11-12,15H,3,6-7H2,1-2H3. The molecule has 2 nitrogen and oxygen atoms in total. The summed E-state index contributed by atoms with van der Waals surface area (Å²) in [5.74, 6) is 0.